The van der Waals surface area contributed by atoms with Crippen molar-refractivity contribution in [3.63, 3.8) is 0 Å². The fourth-order valence-electron chi connectivity index (χ4n) is 3.57. The fourth-order valence-corrected chi connectivity index (χ4v) is 4.99. The van der Waals surface area contributed by atoms with Crippen LogP contribution in [0.5, 0.6) is 0 Å². The van der Waals surface area contributed by atoms with Crippen LogP contribution in [0, 0.1) is 19.8 Å². The summed E-state index contributed by atoms with van der Waals surface area (Å²) in [5.74, 6) is -0.690. The molecule has 0 fully saturated rings. The maximum absolute atomic E-state index is 13.6. The fraction of sp³-hybridized carbons (Fsp3) is 0.440. The zero-order valence-electron chi connectivity index (χ0n) is 20.9. The summed E-state index contributed by atoms with van der Waals surface area (Å²) in [4.78, 5) is 27.8. The third kappa shape index (κ3) is 7.85. The van der Waals surface area contributed by atoms with E-state index in [2.05, 4.69) is 5.32 Å². The molecule has 0 spiro atoms. The third-order valence-electron chi connectivity index (χ3n) is 5.54. The topological polar surface area (TPSA) is 86.8 Å². The Morgan fingerprint density at radius 2 is 1.63 bits per heavy atom. The van der Waals surface area contributed by atoms with E-state index in [9.17, 15) is 18.0 Å². The average Bonchev–Trinajstić information content (AvgIpc) is 2.74. The van der Waals surface area contributed by atoms with Gasteiger partial charge in [-0.25, -0.2) is 8.42 Å². The quantitative estimate of drug-likeness (QED) is 0.477. The van der Waals surface area contributed by atoms with E-state index in [-0.39, 0.29) is 18.4 Å². The van der Waals surface area contributed by atoms with E-state index in [0.717, 1.165) is 16.1 Å². The molecular formula is C25H33Cl2N3O4S. The molecule has 2 rings (SSSR count). The predicted octanol–water partition coefficient (Wildman–Crippen LogP) is 4.57. The number of benzene rings is 2. The molecule has 0 heterocycles. The maximum atomic E-state index is 13.6. The Hall–Kier alpha value is -2.29. The van der Waals surface area contributed by atoms with Crippen molar-refractivity contribution in [2.24, 2.45) is 5.92 Å². The van der Waals surface area contributed by atoms with Gasteiger partial charge in [-0.3, -0.25) is 13.9 Å². The van der Waals surface area contributed by atoms with Crippen molar-refractivity contribution < 1.29 is 18.0 Å². The van der Waals surface area contributed by atoms with Crippen LogP contribution in [0.1, 0.15) is 37.5 Å². The molecule has 7 nitrogen and oxygen atoms in total. The number of halogens is 2. The number of anilines is 1. The van der Waals surface area contributed by atoms with Crippen molar-refractivity contribution in [2.75, 3.05) is 23.7 Å². The highest BCUT2D eigenvalue weighted by Crippen LogP contribution is 2.28. The summed E-state index contributed by atoms with van der Waals surface area (Å²) in [6.45, 7) is 9.12. The second kappa shape index (κ2) is 12.1. The Balaban J connectivity index is 2.46. The summed E-state index contributed by atoms with van der Waals surface area (Å²) in [6, 6.07) is 9.39. The van der Waals surface area contributed by atoms with E-state index in [1.807, 2.05) is 26.8 Å². The van der Waals surface area contributed by atoms with E-state index in [4.69, 9.17) is 23.2 Å². The van der Waals surface area contributed by atoms with Gasteiger partial charge in [0.25, 0.3) is 0 Å². The number of carbonyl (C=O) groups excluding carboxylic acids is 2. The first kappa shape index (κ1) is 28.9. The molecule has 0 aliphatic carbocycles. The molecule has 0 aromatic heterocycles. The summed E-state index contributed by atoms with van der Waals surface area (Å²) in [5.41, 5.74) is 2.56. The average molecular weight is 543 g/mol. The van der Waals surface area contributed by atoms with Crippen LogP contribution in [0.25, 0.3) is 0 Å². The van der Waals surface area contributed by atoms with E-state index in [1.165, 1.54) is 4.90 Å². The molecule has 0 saturated heterocycles. The van der Waals surface area contributed by atoms with Gasteiger partial charge in [0.1, 0.15) is 12.6 Å². The van der Waals surface area contributed by atoms with Crippen LogP contribution in [0.4, 0.5) is 5.69 Å². The SMILES string of the molecule is Cc1ccc(N(CC(=O)N(Cc2c(Cl)cccc2Cl)[C@@H](C)C(=O)NCC(C)C)S(C)(=O)=O)c(C)c1. The number of hydrogen-bond donors (Lipinski definition) is 1. The minimum atomic E-state index is -3.81. The minimum Gasteiger partial charge on any atom is -0.354 e. The first-order valence-corrected chi connectivity index (χ1v) is 13.9. The van der Waals surface area contributed by atoms with Crippen molar-refractivity contribution in [1.82, 2.24) is 10.2 Å². The number of carbonyl (C=O) groups is 2. The number of hydrogen-bond acceptors (Lipinski definition) is 4. The summed E-state index contributed by atoms with van der Waals surface area (Å²) >= 11 is 12.7. The van der Waals surface area contributed by atoms with Crippen LogP contribution in [-0.4, -0.2) is 50.5 Å². The molecule has 1 atom stereocenters. The van der Waals surface area contributed by atoms with Crippen molar-refractivity contribution in [2.45, 2.75) is 47.2 Å². The molecule has 2 amide bonds. The summed E-state index contributed by atoms with van der Waals surface area (Å²) in [5, 5.41) is 3.53. The van der Waals surface area contributed by atoms with Gasteiger partial charge in [0.15, 0.2) is 0 Å². The maximum Gasteiger partial charge on any atom is 0.244 e. The van der Waals surface area contributed by atoms with Gasteiger partial charge in [0, 0.05) is 28.7 Å². The molecule has 1 N–H and O–H groups in total. The third-order valence-corrected chi connectivity index (χ3v) is 7.38. The van der Waals surface area contributed by atoms with Crippen molar-refractivity contribution in [1.29, 1.82) is 0 Å². The first-order chi connectivity index (χ1) is 16.2. The van der Waals surface area contributed by atoms with Crippen molar-refractivity contribution >= 4 is 50.7 Å². The highest BCUT2D eigenvalue weighted by atomic mass is 35.5. The van der Waals surface area contributed by atoms with Gasteiger partial charge in [-0.15, -0.1) is 0 Å². The number of sulfonamides is 1. The molecule has 0 saturated carbocycles. The van der Waals surface area contributed by atoms with Gasteiger partial charge in [0.05, 0.1) is 11.9 Å². The predicted molar refractivity (Wildman–Crippen MR) is 142 cm³/mol. The zero-order valence-corrected chi connectivity index (χ0v) is 23.3. The first-order valence-electron chi connectivity index (χ1n) is 11.3. The summed E-state index contributed by atoms with van der Waals surface area (Å²) in [7, 11) is -3.81. The lowest BCUT2D eigenvalue weighted by atomic mass is 10.1. The van der Waals surface area contributed by atoms with Crippen LogP contribution in [0.2, 0.25) is 10.0 Å². The van der Waals surface area contributed by atoms with Gasteiger partial charge < -0.3 is 10.2 Å². The molecule has 10 heteroatoms. The van der Waals surface area contributed by atoms with Crippen molar-refractivity contribution in [3.05, 3.63) is 63.1 Å². The molecule has 35 heavy (non-hydrogen) atoms. The van der Waals surface area contributed by atoms with Gasteiger partial charge in [-0.2, -0.15) is 0 Å². The Bertz CT molecular complexity index is 1160. The van der Waals surface area contributed by atoms with Crippen LogP contribution >= 0.6 is 23.2 Å². The lowest BCUT2D eigenvalue weighted by Gasteiger charge is -2.32. The number of nitrogens with zero attached hydrogens (tertiary/aromatic N) is 2. The molecule has 0 aliphatic heterocycles. The van der Waals surface area contributed by atoms with Gasteiger partial charge in [0.2, 0.25) is 21.8 Å². The second-order valence-corrected chi connectivity index (χ2v) is 11.8. The number of amides is 2. The largest absolute Gasteiger partial charge is 0.354 e. The van der Waals surface area contributed by atoms with E-state index in [0.29, 0.717) is 33.4 Å². The molecule has 0 bridgehead atoms. The highest BCUT2D eigenvalue weighted by Gasteiger charge is 2.31. The van der Waals surface area contributed by atoms with Gasteiger partial charge in [-0.05, 0) is 50.5 Å². The number of rotatable bonds is 10. The molecule has 2 aromatic rings. The van der Waals surface area contributed by atoms with E-state index < -0.39 is 28.5 Å². The molecule has 0 unspecified atom stereocenters. The number of nitrogens with one attached hydrogen (secondary N) is 1. The monoisotopic (exact) mass is 541 g/mol. The van der Waals surface area contributed by atoms with Crippen LogP contribution in [-0.2, 0) is 26.2 Å². The lowest BCUT2D eigenvalue weighted by Crippen LogP contribution is -2.51. The van der Waals surface area contributed by atoms with E-state index in [1.54, 1.807) is 44.2 Å². The minimum absolute atomic E-state index is 0.0575. The molecule has 0 aliphatic rings. The van der Waals surface area contributed by atoms with Crippen molar-refractivity contribution in [3.8, 4) is 0 Å². The van der Waals surface area contributed by atoms with Crippen LogP contribution in [0.3, 0.4) is 0 Å². The molecule has 0 radical (unpaired) electrons. The normalized spacial score (nSPS) is 12.4. The van der Waals surface area contributed by atoms with Crippen LogP contribution in [0.15, 0.2) is 36.4 Å². The molecule has 192 valence electrons. The van der Waals surface area contributed by atoms with Crippen LogP contribution < -0.4 is 9.62 Å². The number of aryl methyl sites for hydroxylation is 2. The molecule has 2 aromatic carbocycles. The second-order valence-electron chi connectivity index (χ2n) is 9.10. The Morgan fingerprint density at radius 1 is 1.03 bits per heavy atom. The van der Waals surface area contributed by atoms with Gasteiger partial charge >= 0.3 is 0 Å². The Morgan fingerprint density at radius 3 is 2.14 bits per heavy atom. The summed E-state index contributed by atoms with van der Waals surface area (Å²) < 4.78 is 26.5. The standard InChI is InChI=1S/C25H33Cl2N3O4S/c1-16(2)13-28-25(32)19(5)29(14-20-21(26)8-7-9-22(20)27)24(31)15-30(35(6,33)34)23-11-10-17(3)12-18(23)4/h7-12,16,19H,13-15H2,1-6H3,(H,28,32)/t19-/m0/s1. The Labute approximate surface area is 218 Å². The smallest absolute Gasteiger partial charge is 0.244 e. The lowest BCUT2D eigenvalue weighted by molar-refractivity contribution is -0.139. The highest BCUT2D eigenvalue weighted by molar-refractivity contribution is 7.92. The molecular weight excluding hydrogens is 509 g/mol. The summed E-state index contributed by atoms with van der Waals surface area (Å²) in [6.07, 6.45) is 1.05. The zero-order chi connectivity index (χ0) is 26.5. The van der Waals surface area contributed by atoms with Gasteiger partial charge in [-0.1, -0.05) is 60.8 Å². The Kier molecular flexibility index (Phi) is 10.0. The van der Waals surface area contributed by atoms with E-state index >= 15 is 0 Å².